The summed E-state index contributed by atoms with van der Waals surface area (Å²) in [7, 11) is 1.54. The molecule has 10 nitrogen and oxygen atoms in total. The van der Waals surface area contributed by atoms with Gasteiger partial charge in [0.1, 0.15) is 11.3 Å². The molecule has 1 amide bonds. The molecule has 1 saturated heterocycles. The third kappa shape index (κ3) is 6.42. The Labute approximate surface area is 287 Å². The van der Waals surface area contributed by atoms with E-state index in [2.05, 4.69) is 48.3 Å². The highest BCUT2D eigenvalue weighted by Crippen LogP contribution is 2.46. The first-order chi connectivity index (χ1) is 23.1. The number of imidazole rings is 1. The van der Waals surface area contributed by atoms with Gasteiger partial charge in [0.05, 0.1) is 31.0 Å². The minimum Gasteiger partial charge on any atom is -0.505 e. The van der Waals surface area contributed by atoms with Crippen LogP contribution in [-0.2, 0) is 15.3 Å². The summed E-state index contributed by atoms with van der Waals surface area (Å²) >= 11 is 2.71. The van der Waals surface area contributed by atoms with E-state index in [1.807, 2.05) is 43.5 Å². The Morgan fingerprint density at radius 2 is 1.81 bits per heavy atom. The van der Waals surface area contributed by atoms with Crippen LogP contribution in [0.3, 0.4) is 0 Å². The first-order valence-corrected chi connectivity index (χ1v) is 17.5. The summed E-state index contributed by atoms with van der Waals surface area (Å²) < 4.78 is 14.2. The molecular weight excluding hydrogens is 647 g/mol. The van der Waals surface area contributed by atoms with Gasteiger partial charge in [-0.25, -0.2) is 4.98 Å². The van der Waals surface area contributed by atoms with Gasteiger partial charge in [-0.05, 0) is 68.0 Å². The van der Waals surface area contributed by atoms with Gasteiger partial charge < -0.3 is 19.0 Å². The van der Waals surface area contributed by atoms with E-state index in [-0.39, 0.29) is 22.2 Å². The lowest BCUT2D eigenvalue weighted by Gasteiger charge is -2.23. The molecule has 0 aliphatic carbocycles. The summed E-state index contributed by atoms with van der Waals surface area (Å²) in [4.78, 5) is 33.8. The molecule has 6 rings (SSSR count). The van der Waals surface area contributed by atoms with Crippen LogP contribution in [0, 0.1) is 26.7 Å². The van der Waals surface area contributed by atoms with Crippen molar-refractivity contribution in [1.82, 2.24) is 19.6 Å². The number of ether oxygens (including phenoxy) is 2. The van der Waals surface area contributed by atoms with Crippen molar-refractivity contribution < 1.29 is 24.2 Å². The number of benzene rings is 2. The molecule has 0 radical (unpaired) electrons. The van der Waals surface area contributed by atoms with Crippen LogP contribution in [0.25, 0.3) is 11.4 Å². The summed E-state index contributed by atoms with van der Waals surface area (Å²) in [5.41, 5.74) is 5.15. The molecule has 0 bridgehead atoms. The van der Waals surface area contributed by atoms with Crippen LogP contribution in [0.5, 0.6) is 11.5 Å². The molecule has 4 heterocycles. The van der Waals surface area contributed by atoms with E-state index in [9.17, 15) is 14.7 Å². The number of carbonyl (C=O) groups excluding carboxylic acids is 2. The van der Waals surface area contributed by atoms with Gasteiger partial charge in [-0.15, -0.1) is 10.2 Å². The number of aliphatic hydroxyl groups is 1. The number of anilines is 1. The fraction of sp³-hybridized carbons (Fsp3) is 0.306. The van der Waals surface area contributed by atoms with E-state index < -0.39 is 17.7 Å². The molecule has 48 heavy (non-hydrogen) atoms. The van der Waals surface area contributed by atoms with Gasteiger partial charge in [0.25, 0.3) is 5.78 Å². The number of rotatable bonds is 11. The summed E-state index contributed by atoms with van der Waals surface area (Å²) in [6.45, 7) is 10.5. The number of hydrogen-bond donors (Lipinski definition) is 1. The molecule has 1 fully saturated rings. The van der Waals surface area contributed by atoms with Crippen molar-refractivity contribution >= 4 is 51.3 Å². The Hall–Kier alpha value is -4.68. The van der Waals surface area contributed by atoms with Gasteiger partial charge >= 0.3 is 5.91 Å². The van der Waals surface area contributed by atoms with Crippen LogP contribution >= 0.6 is 23.1 Å². The molecular formula is C36H37N5O5S2. The zero-order valence-electron chi connectivity index (χ0n) is 27.7. The normalized spacial score (nSPS) is 16.0. The average molecular weight is 684 g/mol. The molecule has 1 N–H and O–H groups in total. The molecule has 1 aliphatic heterocycles. The maximum absolute atomic E-state index is 13.9. The van der Waals surface area contributed by atoms with Gasteiger partial charge in [0.2, 0.25) is 5.13 Å². The van der Waals surface area contributed by atoms with Crippen LogP contribution in [0.1, 0.15) is 60.0 Å². The molecule has 248 valence electrons. The number of hydrogen-bond acceptors (Lipinski definition) is 10. The van der Waals surface area contributed by atoms with E-state index in [4.69, 9.17) is 14.5 Å². The highest BCUT2D eigenvalue weighted by atomic mass is 32.2. The van der Waals surface area contributed by atoms with Gasteiger partial charge in [-0.3, -0.25) is 14.5 Å². The number of ketones is 1. The number of fused-ring (bicyclic) bond motifs is 1. The number of aromatic nitrogens is 4. The third-order valence-corrected chi connectivity index (χ3v) is 10.4. The van der Waals surface area contributed by atoms with Crippen molar-refractivity contribution in [1.29, 1.82) is 0 Å². The Kier molecular flexibility index (Phi) is 9.56. The Bertz CT molecular complexity index is 2030. The predicted octanol–water partition coefficient (Wildman–Crippen LogP) is 7.46. The van der Waals surface area contributed by atoms with Crippen LogP contribution < -0.4 is 14.4 Å². The minimum absolute atomic E-state index is 0.0938. The molecule has 1 aliphatic rings. The second-order valence-electron chi connectivity index (χ2n) is 12.2. The number of methoxy groups -OCH3 is 1. The molecule has 5 aromatic rings. The molecule has 1 atom stereocenters. The quantitative estimate of drug-likeness (QED) is 0.0497. The van der Waals surface area contributed by atoms with E-state index in [1.165, 1.54) is 40.7 Å². The molecule has 0 saturated carbocycles. The Balaban J connectivity index is 1.43. The zero-order chi connectivity index (χ0) is 34.1. The summed E-state index contributed by atoms with van der Waals surface area (Å²) in [6.07, 6.45) is 2.71. The fourth-order valence-corrected chi connectivity index (χ4v) is 7.41. The number of thioether (sulfide) groups is 1. The highest BCUT2D eigenvalue weighted by Gasteiger charge is 2.49. The lowest BCUT2D eigenvalue weighted by molar-refractivity contribution is -0.132. The first kappa shape index (κ1) is 33.2. The van der Waals surface area contributed by atoms with E-state index in [0.29, 0.717) is 51.0 Å². The smallest absolute Gasteiger partial charge is 0.301 e. The fourth-order valence-electron chi connectivity index (χ4n) is 5.58. The van der Waals surface area contributed by atoms with Gasteiger partial charge in [0, 0.05) is 11.9 Å². The summed E-state index contributed by atoms with van der Waals surface area (Å²) in [5, 5.41) is 20.8. The zero-order valence-corrected chi connectivity index (χ0v) is 29.3. The monoisotopic (exact) mass is 683 g/mol. The molecule has 3 aromatic heterocycles. The number of pyridine rings is 1. The molecule has 12 heteroatoms. The van der Waals surface area contributed by atoms with E-state index in [1.54, 1.807) is 18.2 Å². The number of aryl methyl sites for hydroxylation is 3. The van der Waals surface area contributed by atoms with Crippen LogP contribution in [0.2, 0.25) is 0 Å². The summed E-state index contributed by atoms with van der Waals surface area (Å²) in [5.74, 6) is 0.0841. The molecule has 2 aromatic carbocycles. The van der Waals surface area contributed by atoms with Crippen LogP contribution in [-0.4, -0.2) is 50.1 Å². The predicted molar refractivity (Wildman–Crippen MR) is 188 cm³/mol. The standard InChI is InChI=1S/C36H37N5O5S2/c1-20(2)15-17-46-26-14-13-25(18-27(26)45-6)30-28(31(42)29-23(5)40-16-7-8-22(4)33(40)37-29)32(43)34(44)41(30)35-38-39-36(48-35)47-19-24-11-9-21(3)10-12-24/h7-14,16,18,20,30,42H,15,17,19H2,1-6H3/b31-28+. The second kappa shape index (κ2) is 13.8. The SMILES string of the molecule is COc1cc(C2/C(=C(\O)c3nc4c(C)cccn4c3C)C(=O)C(=O)N2c2nnc(SCc3ccc(C)cc3)s2)ccc1OCCC(C)C. The van der Waals surface area contributed by atoms with Crippen molar-refractivity contribution in [2.75, 3.05) is 18.6 Å². The maximum Gasteiger partial charge on any atom is 0.301 e. The Morgan fingerprint density at radius 3 is 2.52 bits per heavy atom. The van der Waals surface area contributed by atoms with Crippen LogP contribution in [0.4, 0.5) is 5.13 Å². The van der Waals surface area contributed by atoms with Gasteiger partial charge in [-0.1, -0.05) is 78.9 Å². The minimum atomic E-state index is -1.03. The van der Waals surface area contributed by atoms with E-state index >= 15 is 0 Å². The maximum atomic E-state index is 13.9. The molecule has 0 spiro atoms. The van der Waals surface area contributed by atoms with Crippen molar-refractivity contribution in [3.8, 4) is 11.5 Å². The topological polar surface area (TPSA) is 119 Å². The van der Waals surface area contributed by atoms with Crippen molar-refractivity contribution in [3.05, 3.63) is 100 Å². The van der Waals surface area contributed by atoms with Gasteiger partial charge in [0.15, 0.2) is 21.6 Å². The number of carbonyl (C=O) groups is 2. The highest BCUT2D eigenvalue weighted by molar-refractivity contribution is 8.00. The van der Waals surface area contributed by atoms with Crippen LogP contribution in [0.15, 0.2) is 70.7 Å². The lowest BCUT2D eigenvalue weighted by Crippen LogP contribution is -2.29. The second-order valence-corrected chi connectivity index (χ2v) is 14.3. The summed E-state index contributed by atoms with van der Waals surface area (Å²) in [6, 6.07) is 16.3. The molecule has 1 unspecified atom stereocenters. The lowest BCUT2D eigenvalue weighted by atomic mass is 9.96. The average Bonchev–Trinajstić information content (AvgIpc) is 3.75. The van der Waals surface area contributed by atoms with Crippen molar-refractivity contribution in [2.24, 2.45) is 5.92 Å². The van der Waals surface area contributed by atoms with Crippen molar-refractivity contribution in [2.45, 2.75) is 57.2 Å². The largest absolute Gasteiger partial charge is 0.505 e. The number of aliphatic hydroxyl groups excluding tert-OH is 1. The number of Topliss-reactive ketones (excluding diaryl/α,β-unsaturated/α-hetero) is 1. The Morgan fingerprint density at radius 1 is 1.04 bits per heavy atom. The first-order valence-electron chi connectivity index (χ1n) is 15.7. The third-order valence-electron chi connectivity index (χ3n) is 8.29. The number of amides is 1. The van der Waals surface area contributed by atoms with Gasteiger partial charge in [-0.2, -0.15) is 0 Å². The van der Waals surface area contributed by atoms with E-state index in [0.717, 1.165) is 17.5 Å². The number of nitrogens with zero attached hydrogens (tertiary/aromatic N) is 5. The van der Waals surface area contributed by atoms with Crippen molar-refractivity contribution in [3.63, 3.8) is 0 Å².